The van der Waals surface area contributed by atoms with Crippen molar-refractivity contribution in [3.8, 4) is 0 Å². The van der Waals surface area contributed by atoms with Gasteiger partial charge in [-0.2, -0.15) is 0 Å². The van der Waals surface area contributed by atoms with Crippen LogP contribution >= 0.6 is 0 Å². The zero-order valence-electron chi connectivity index (χ0n) is 51.6. The molecule has 17 atom stereocenters. The Bertz CT molecular complexity index is 4230. The normalized spacial score (nSPS) is 37.8. The van der Waals surface area contributed by atoms with E-state index in [1.807, 2.05) is 0 Å². The molecule has 1 aromatic rings. The molecular formula is C88H80O2. The van der Waals surface area contributed by atoms with Crippen molar-refractivity contribution in [3.05, 3.63) is 355 Å². The monoisotopic (exact) mass is 1170 g/mol. The first-order chi connectivity index (χ1) is 44.7. The fourth-order valence-corrected chi connectivity index (χ4v) is 20.6. The molecule has 19 rings (SSSR count). The fraction of sp³-hybridized carbons (Fsp3) is 0.318. The van der Waals surface area contributed by atoms with Gasteiger partial charge in [0.15, 0.2) is 0 Å². The Hall–Kier alpha value is -8.20. The highest BCUT2D eigenvalue weighted by Gasteiger charge is 2.54. The second kappa shape index (κ2) is 21.8. The van der Waals surface area contributed by atoms with Crippen molar-refractivity contribution >= 4 is 0 Å². The lowest BCUT2D eigenvalue weighted by Crippen LogP contribution is -2.38. The Morgan fingerprint density at radius 2 is 1.24 bits per heavy atom. The van der Waals surface area contributed by atoms with Crippen molar-refractivity contribution in [2.45, 2.75) is 94.7 Å². The molecule has 0 radical (unpaired) electrons. The van der Waals surface area contributed by atoms with Gasteiger partial charge in [0.25, 0.3) is 0 Å². The van der Waals surface area contributed by atoms with E-state index in [9.17, 15) is 0 Å². The average molecular weight is 1170 g/mol. The summed E-state index contributed by atoms with van der Waals surface area (Å²) in [6.07, 6.45) is 102. The molecule has 0 bridgehead atoms. The van der Waals surface area contributed by atoms with Crippen LogP contribution in [0.4, 0.5) is 0 Å². The topological polar surface area (TPSA) is 18.5 Å². The molecule has 18 aliphatic rings. The van der Waals surface area contributed by atoms with Crippen LogP contribution in [0.2, 0.25) is 0 Å². The van der Waals surface area contributed by atoms with Crippen LogP contribution in [0.3, 0.4) is 0 Å². The van der Waals surface area contributed by atoms with E-state index >= 15 is 0 Å². The van der Waals surface area contributed by atoms with Gasteiger partial charge in [0.05, 0.1) is 5.76 Å². The summed E-state index contributed by atoms with van der Waals surface area (Å²) in [5.74, 6) is 7.70. The van der Waals surface area contributed by atoms with Crippen LogP contribution in [-0.2, 0) is 9.47 Å². The van der Waals surface area contributed by atoms with Crippen LogP contribution < -0.4 is 0 Å². The van der Waals surface area contributed by atoms with Gasteiger partial charge in [0.1, 0.15) is 18.0 Å². The molecule has 0 aromatic heterocycles. The first-order valence-electron chi connectivity index (χ1n) is 34.8. The Labute approximate surface area is 533 Å². The van der Waals surface area contributed by atoms with Crippen molar-refractivity contribution in [2.24, 2.45) is 76.9 Å². The van der Waals surface area contributed by atoms with Crippen LogP contribution in [0, 0.1) is 76.9 Å². The highest BCUT2D eigenvalue weighted by Crippen LogP contribution is 2.64. The summed E-state index contributed by atoms with van der Waals surface area (Å²) in [6, 6.07) is 9.97. The van der Waals surface area contributed by atoms with E-state index in [0.29, 0.717) is 59.2 Å². The molecule has 0 saturated carbocycles. The third kappa shape index (κ3) is 8.48. The number of benzene rings is 1. The first-order valence-corrected chi connectivity index (χ1v) is 34.8. The Kier molecular flexibility index (Phi) is 13.0. The summed E-state index contributed by atoms with van der Waals surface area (Å²) < 4.78 is 14.4. The quantitative estimate of drug-likeness (QED) is 0.253. The summed E-state index contributed by atoms with van der Waals surface area (Å²) in [5.41, 5.74) is 25.9. The summed E-state index contributed by atoms with van der Waals surface area (Å²) in [7, 11) is 0. The smallest absolute Gasteiger partial charge is 0.128 e. The van der Waals surface area contributed by atoms with E-state index in [1.165, 1.54) is 80.7 Å². The molecular weight excluding hydrogens is 1090 g/mol. The number of hydrogen-bond acceptors (Lipinski definition) is 2. The molecule has 16 aliphatic carbocycles. The molecule has 0 saturated heterocycles. The van der Waals surface area contributed by atoms with Crippen LogP contribution in [-0.4, -0.2) is 12.2 Å². The summed E-state index contributed by atoms with van der Waals surface area (Å²) >= 11 is 0. The van der Waals surface area contributed by atoms with Crippen molar-refractivity contribution in [3.63, 3.8) is 0 Å². The number of rotatable bonds is 7. The third-order valence-corrected chi connectivity index (χ3v) is 24.4. The van der Waals surface area contributed by atoms with Gasteiger partial charge in [-0.05, 0) is 184 Å². The molecule has 0 spiro atoms. The number of fused-ring (bicyclic) bond motifs is 11. The SMILES string of the molecule is C1=CCC2C(=C1)C(C1C3=C(CC4C=CC=CC41)OC1C=CC=CC31)=C1C=CC=CC1C2c1ccc(C2C=CC(C3=C4C=CC=CC4C(C4=C5C=CCCC5=C(C5CC=CC(C6=CCC7C=CC=CC7=C6)C5)C5CCCC=C45)C4=C3OC3C=CC=CC43)=CC2)cc1. The van der Waals surface area contributed by atoms with Gasteiger partial charge in [-0.1, -0.05) is 242 Å². The van der Waals surface area contributed by atoms with E-state index < -0.39 is 0 Å². The molecule has 444 valence electrons. The third-order valence-electron chi connectivity index (χ3n) is 24.4. The number of hydrogen-bond donors (Lipinski definition) is 0. The van der Waals surface area contributed by atoms with Gasteiger partial charge in [-0.25, -0.2) is 0 Å². The van der Waals surface area contributed by atoms with E-state index in [-0.39, 0.29) is 41.8 Å². The second-order valence-corrected chi connectivity index (χ2v) is 28.8. The minimum atomic E-state index is -0.00913. The number of allylic oxidation sites excluding steroid dienone is 46. The van der Waals surface area contributed by atoms with Crippen LogP contribution in [0.25, 0.3) is 0 Å². The zero-order chi connectivity index (χ0) is 59.0. The lowest BCUT2D eigenvalue weighted by molar-refractivity contribution is 0.150. The molecule has 1 aromatic carbocycles. The molecule has 2 heterocycles. The van der Waals surface area contributed by atoms with E-state index in [2.05, 4.69) is 249 Å². The standard InChI is InChI=1S/C88H80O2/c1-2-21-58-50-60(49-44-53(58)20-1)59-23-19-24-62(51-59)80-66-28-7-12-33-71(66)83(72-34-13-8-29-67(72)80)86-73-35-14-9-30-68(73)81(88-87(86)75-37-16-18-39-77(75)90-88)57-47-42-55(43-48-57)54-40-45-56(46-41-54)79-64-26-5-10-31-69(64)82(70-32-11-6-27-65(70)79)85-63-25-4-3-22-61(63)52-78-84(85)74-36-15-17-38-76(74)89-78/h1-6,9-12,14-23,25-26,30-42,45-50,53,55,59,61-65,67,73-77,79,85-86H,7-8,13,24,27-29,43-44,51-52H2. The van der Waals surface area contributed by atoms with Gasteiger partial charge in [0.2, 0.25) is 0 Å². The van der Waals surface area contributed by atoms with E-state index in [4.69, 9.17) is 9.47 Å². The predicted molar refractivity (Wildman–Crippen MR) is 367 cm³/mol. The lowest BCUT2D eigenvalue weighted by atomic mass is 9.55. The van der Waals surface area contributed by atoms with Crippen molar-refractivity contribution in [1.29, 1.82) is 0 Å². The highest BCUT2D eigenvalue weighted by molar-refractivity contribution is 5.71. The number of ether oxygens (including phenoxy) is 2. The van der Waals surface area contributed by atoms with Gasteiger partial charge < -0.3 is 9.47 Å². The molecule has 90 heavy (non-hydrogen) atoms. The highest BCUT2D eigenvalue weighted by atomic mass is 16.5. The van der Waals surface area contributed by atoms with Crippen LogP contribution in [0.1, 0.15) is 93.6 Å². The summed E-state index contributed by atoms with van der Waals surface area (Å²) in [6.45, 7) is 0. The molecule has 2 aliphatic heterocycles. The largest absolute Gasteiger partial charge is 0.490 e. The molecule has 0 fully saturated rings. The Morgan fingerprint density at radius 3 is 2.13 bits per heavy atom. The fourth-order valence-electron chi connectivity index (χ4n) is 20.6. The van der Waals surface area contributed by atoms with Crippen LogP contribution in [0.5, 0.6) is 0 Å². The average Bonchev–Trinajstić information content (AvgIpc) is 1.31. The molecule has 0 N–H and O–H groups in total. The predicted octanol–water partition coefficient (Wildman–Crippen LogP) is 20.4. The van der Waals surface area contributed by atoms with Crippen molar-refractivity contribution < 1.29 is 9.47 Å². The first kappa shape index (κ1) is 53.6. The maximum atomic E-state index is 7.47. The van der Waals surface area contributed by atoms with E-state index in [0.717, 1.165) is 57.1 Å². The van der Waals surface area contributed by atoms with Gasteiger partial charge in [-0.3, -0.25) is 0 Å². The van der Waals surface area contributed by atoms with Crippen LogP contribution in [0.15, 0.2) is 344 Å². The second-order valence-electron chi connectivity index (χ2n) is 28.8. The minimum Gasteiger partial charge on any atom is -0.490 e. The maximum Gasteiger partial charge on any atom is 0.128 e. The molecule has 17 unspecified atom stereocenters. The maximum absolute atomic E-state index is 7.47. The Morgan fingerprint density at radius 1 is 0.478 bits per heavy atom. The van der Waals surface area contributed by atoms with Crippen molar-refractivity contribution in [1.82, 2.24) is 0 Å². The van der Waals surface area contributed by atoms with Crippen molar-refractivity contribution in [2.75, 3.05) is 0 Å². The Balaban J connectivity index is 0.645. The van der Waals surface area contributed by atoms with Gasteiger partial charge in [-0.15, -0.1) is 0 Å². The summed E-state index contributed by atoms with van der Waals surface area (Å²) in [5, 5.41) is 0. The lowest BCUT2D eigenvalue weighted by Gasteiger charge is -2.48. The van der Waals surface area contributed by atoms with Gasteiger partial charge >= 0.3 is 0 Å². The molecule has 0 amide bonds. The van der Waals surface area contributed by atoms with E-state index in [1.54, 1.807) is 39.0 Å². The zero-order valence-corrected chi connectivity index (χ0v) is 51.6. The summed E-state index contributed by atoms with van der Waals surface area (Å²) in [4.78, 5) is 0. The minimum absolute atomic E-state index is 0.00913. The van der Waals surface area contributed by atoms with Gasteiger partial charge in [0, 0.05) is 77.1 Å². The molecule has 2 heteroatoms. The molecule has 2 nitrogen and oxygen atoms in total.